The molecule has 4 heterocycles. The van der Waals surface area contributed by atoms with Crippen LogP contribution in [0.15, 0.2) is 61.1 Å². The number of unbranched alkanes of at least 4 members (excludes halogenated alkanes) is 1. The fraction of sp³-hybridized carbons (Fsp3) is 0.558. The molecule has 0 unspecified atom stereocenters. The molecule has 18 heteroatoms. The van der Waals surface area contributed by atoms with Gasteiger partial charge in [0.15, 0.2) is 0 Å². The number of fused-ring (bicyclic) bond motifs is 2. The van der Waals surface area contributed by atoms with Crippen LogP contribution in [0, 0.1) is 0 Å². The molecule has 15 nitrogen and oxygen atoms in total. The first-order chi connectivity index (χ1) is 29.5. The molecule has 3 aliphatic rings. The number of hydrogen-bond acceptors (Lipinski definition) is 12. The summed E-state index contributed by atoms with van der Waals surface area (Å²) >= 11 is 7.24. The third kappa shape index (κ3) is 13.9. The Morgan fingerprint density at radius 3 is 2.33 bits per heavy atom. The number of sulfonamides is 1. The van der Waals surface area contributed by atoms with Gasteiger partial charge in [0, 0.05) is 71.5 Å². The van der Waals surface area contributed by atoms with E-state index < -0.39 is 10.0 Å². The highest BCUT2D eigenvalue weighted by atomic mass is 32.2. The Morgan fingerprint density at radius 2 is 1.62 bits per heavy atom. The van der Waals surface area contributed by atoms with E-state index in [1.54, 1.807) is 0 Å². The van der Waals surface area contributed by atoms with E-state index in [2.05, 4.69) is 38.6 Å². The third-order valence-corrected chi connectivity index (χ3v) is 14.2. The number of nitrogens with zero attached hydrogens (tertiary/aromatic N) is 2. The topological polar surface area (TPSA) is 188 Å². The highest BCUT2D eigenvalue weighted by Gasteiger charge is 2.40. The van der Waals surface area contributed by atoms with Crippen molar-refractivity contribution in [3.63, 3.8) is 0 Å². The number of anilines is 1. The van der Waals surface area contributed by atoms with Gasteiger partial charge in [-0.15, -0.1) is 0 Å². The number of nitrogens with two attached hydrogens (primary N) is 1. The Bertz CT molecular complexity index is 2070. The Morgan fingerprint density at radius 1 is 0.918 bits per heavy atom. The maximum absolute atomic E-state index is 12.9. The van der Waals surface area contributed by atoms with Gasteiger partial charge in [0.25, 0.3) is 0 Å². The second-order valence-corrected chi connectivity index (χ2v) is 19.3. The fourth-order valence-electron chi connectivity index (χ4n) is 8.03. The summed E-state index contributed by atoms with van der Waals surface area (Å²) in [4.78, 5) is 25.4. The molecule has 2 amide bonds. The molecule has 3 saturated heterocycles. The number of aromatic nitrogens is 1. The van der Waals surface area contributed by atoms with E-state index in [-0.39, 0.29) is 30.9 Å². The summed E-state index contributed by atoms with van der Waals surface area (Å²) in [5, 5.41) is 14.4. The summed E-state index contributed by atoms with van der Waals surface area (Å²) in [5.74, 6) is 1.93. The number of carbonyl (C=O) groups is 2. The fourth-order valence-corrected chi connectivity index (χ4v) is 10.6. The number of piperidine rings is 1. The van der Waals surface area contributed by atoms with Crippen LogP contribution in [0.25, 0.3) is 22.0 Å². The monoisotopic (exact) mass is 899 g/mol. The van der Waals surface area contributed by atoms with Gasteiger partial charge in [0.1, 0.15) is 4.99 Å². The van der Waals surface area contributed by atoms with Crippen LogP contribution in [0.5, 0.6) is 0 Å². The van der Waals surface area contributed by atoms with Crippen molar-refractivity contribution in [3.8, 4) is 11.1 Å². The van der Waals surface area contributed by atoms with Crippen LogP contribution >= 0.6 is 24.0 Å². The number of benzene rings is 2. The average molecular weight is 900 g/mol. The maximum Gasteiger partial charge on any atom is 0.226 e. The van der Waals surface area contributed by atoms with Gasteiger partial charge in [-0.3, -0.25) is 9.59 Å². The van der Waals surface area contributed by atoms with Crippen LogP contribution < -0.4 is 27.0 Å². The molecule has 3 aromatic rings. The van der Waals surface area contributed by atoms with E-state index in [0.29, 0.717) is 113 Å². The van der Waals surface area contributed by atoms with E-state index in [9.17, 15) is 18.0 Å². The normalized spacial score (nSPS) is 19.4. The molecule has 6 rings (SSSR count). The Labute approximate surface area is 369 Å². The predicted octanol–water partition coefficient (Wildman–Crippen LogP) is 4.13. The van der Waals surface area contributed by atoms with Crippen LogP contribution in [-0.2, 0) is 38.6 Å². The summed E-state index contributed by atoms with van der Waals surface area (Å²) in [6, 6.07) is 14.7. The number of hydrogen-bond donors (Lipinski definition) is 5. The van der Waals surface area contributed by atoms with Gasteiger partial charge in [-0.05, 0) is 49.4 Å². The van der Waals surface area contributed by atoms with Crippen LogP contribution in [0.3, 0.4) is 0 Å². The SMILES string of the molecule is C=C1N[C@H]2[C@H](CS[C@H]2CCCCC(=O)NCCOCCOCCOCCOCCC(=O)Nc2ccc3c(-c4cccc(C(N)=S)c4)cn(C4CCN(S(C)(=O)=O)CC4)c3c2)N1. The van der Waals surface area contributed by atoms with Crippen LogP contribution in [0.2, 0.25) is 0 Å². The van der Waals surface area contributed by atoms with Crippen molar-refractivity contribution in [2.75, 3.05) is 89.8 Å². The lowest BCUT2D eigenvalue weighted by Gasteiger charge is -2.31. The van der Waals surface area contributed by atoms with Crippen LogP contribution in [-0.4, -0.2) is 136 Å². The predicted molar refractivity (Wildman–Crippen MR) is 245 cm³/mol. The first-order valence-electron chi connectivity index (χ1n) is 21.2. The van der Waals surface area contributed by atoms with Crippen molar-refractivity contribution in [2.45, 2.75) is 68.3 Å². The molecule has 1 aromatic heterocycles. The van der Waals surface area contributed by atoms with E-state index >= 15 is 0 Å². The van der Waals surface area contributed by atoms with E-state index in [0.717, 1.165) is 58.4 Å². The molecular formula is C43H61N7O8S3. The Kier molecular flexibility index (Phi) is 17.7. The van der Waals surface area contributed by atoms with Gasteiger partial charge >= 0.3 is 0 Å². The number of ether oxygens (including phenoxy) is 4. The highest BCUT2D eigenvalue weighted by molar-refractivity contribution is 8.00. The average Bonchev–Trinajstić information content (AvgIpc) is 3.93. The lowest BCUT2D eigenvalue weighted by Crippen LogP contribution is -2.38. The zero-order chi connectivity index (χ0) is 43.2. The third-order valence-electron chi connectivity index (χ3n) is 11.2. The van der Waals surface area contributed by atoms with Crippen LogP contribution in [0.1, 0.15) is 56.6 Å². The highest BCUT2D eigenvalue weighted by Crippen LogP contribution is 2.38. The largest absolute Gasteiger partial charge is 0.389 e. The van der Waals surface area contributed by atoms with Crippen molar-refractivity contribution < 1.29 is 37.0 Å². The first-order valence-corrected chi connectivity index (χ1v) is 24.5. The van der Waals surface area contributed by atoms with Gasteiger partial charge in [-0.1, -0.05) is 49.5 Å². The molecule has 3 fully saturated rings. The van der Waals surface area contributed by atoms with E-state index in [1.807, 2.05) is 54.2 Å². The molecule has 2 aromatic carbocycles. The molecule has 0 saturated carbocycles. The van der Waals surface area contributed by atoms with Crippen molar-refractivity contribution in [3.05, 3.63) is 66.6 Å². The first kappa shape index (κ1) is 46.7. The summed E-state index contributed by atoms with van der Waals surface area (Å²) in [5.41, 5.74) is 10.3. The standard InChI is InChI=1S/C43H61N7O8S3/c1-30-46-37-29-60-39(42(37)47-30)8-3-4-9-40(51)45-15-19-56-21-23-58-25-24-57-22-20-55-18-14-41(52)48-33-10-11-35-36(31-6-5-7-32(26-31)43(44)59)28-50(38(35)27-33)34-12-16-49(17-13-34)61(2,53)54/h5-7,10-11,26-28,34,37,39,42,46-47H,1,3-4,8-9,12-25,29H2,2H3,(H2,44,59)(H,45,51)(H,48,52)/t37-,39-,42-/m0/s1. The molecule has 0 aliphatic carbocycles. The van der Waals surface area contributed by atoms with E-state index in [4.69, 9.17) is 36.9 Å². The number of carbonyl (C=O) groups excluding carboxylic acids is 2. The lowest BCUT2D eigenvalue weighted by molar-refractivity contribution is -0.121. The zero-order valence-corrected chi connectivity index (χ0v) is 37.5. The minimum atomic E-state index is -3.26. The molecule has 334 valence electrons. The number of nitrogens with one attached hydrogen (secondary N) is 4. The molecule has 6 N–H and O–H groups in total. The Hall–Kier alpha value is -3.75. The summed E-state index contributed by atoms with van der Waals surface area (Å²) in [6.07, 6.45) is 8.44. The van der Waals surface area contributed by atoms with Crippen molar-refractivity contribution >= 4 is 67.4 Å². The van der Waals surface area contributed by atoms with Crippen molar-refractivity contribution in [1.82, 2.24) is 24.8 Å². The molecule has 3 atom stereocenters. The van der Waals surface area contributed by atoms with Gasteiger partial charge in [-0.25, -0.2) is 12.7 Å². The molecule has 0 spiro atoms. The van der Waals surface area contributed by atoms with Crippen molar-refractivity contribution in [1.29, 1.82) is 0 Å². The quantitative estimate of drug-likeness (QED) is 0.0605. The number of thioether (sulfide) groups is 1. The van der Waals surface area contributed by atoms with Crippen LogP contribution in [0.4, 0.5) is 5.69 Å². The number of thiocarbonyl (C=S) groups is 1. The minimum absolute atomic E-state index is 0.0618. The summed E-state index contributed by atoms with van der Waals surface area (Å²) in [6.45, 7) is 8.47. The lowest BCUT2D eigenvalue weighted by atomic mass is 10.0. The number of amides is 2. The summed E-state index contributed by atoms with van der Waals surface area (Å²) < 4.78 is 50.4. The van der Waals surface area contributed by atoms with Gasteiger partial charge in [0.2, 0.25) is 21.8 Å². The smallest absolute Gasteiger partial charge is 0.226 e. The van der Waals surface area contributed by atoms with Gasteiger partial charge in [0.05, 0.1) is 89.0 Å². The zero-order valence-electron chi connectivity index (χ0n) is 35.0. The molecule has 0 radical (unpaired) electrons. The maximum atomic E-state index is 12.9. The Balaban J connectivity index is 0.806. The molecule has 61 heavy (non-hydrogen) atoms. The van der Waals surface area contributed by atoms with Crippen molar-refractivity contribution in [2.24, 2.45) is 5.73 Å². The van der Waals surface area contributed by atoms with E-state index in [1.165, 1.54) is 10.6 Å². The molecular weight excluding hydrogens is 839 g/mol. The minimum Gasteiger partial charge on any atom is -0.389 e. The second kappa shape index (κ2) is 23.1. The van der Waals surface area contributed by atoms with Gasteiger partial charge < -0.3 is 50.5 Å². The number of rotatable bonds is 25. The summed E-state index contributed by atoms with van der Waals surface area (Å²) in [7, 11) is -3.26. The van der Waals surface area contributed by atoms with Gasteiger partial charge in [-0.2, -0.15) is 11.8 Å². The molecule has 0 bridgehead atoms. The molecule has 3 aliphatic heterocycles. The second-order valence-electron chi connectivity index (χ2n) is 15.6.